The second-order valence-corrected chi connectivity index (χ2v) is 5.70. The van der Waals surface area contributed by atoms with Gasteiger partial charge in [-0.3, -0.25) is 0 Å². The predicted octanol–water partition coefficient (Wildman–Crippen LogP) is 4.94. The highest BCUT2D eigenvalue weighted by atomic mass is 79.9. The second kappa shape index (κ2) is 5.61. The van der Waals surface area contributed by atoms with Crippen LogP contribution >= 0.6 is 27.5 Å². The monoisotopic (exact) mass is 342 g/mol. The van der Waals surface area contributed by atoms with Crippen LogP contribution in [0.5, 0.6) is 0 Å². The Morgan fingerprint density at radius 3 is 2.32 bits per heavy atom. The molecule has 1 nitrogen and oxygen atoms in total. The highest BCUT2D eigenvalue weighted by Crippen LogP contribution is 2.34. The number of hydrogen-bond acceptors (Lipinski definition) is 1. The van der Waals surface area contributed by atoms with Crippen LogP contribution in [0.4, 0.5) is 4.39 Å². The van der Waals surface area contributed by atoms with Gasteiger partial charge in [0.05, 0.1) is 5.02 Å². The second-order valence-electron chi connectivity index (χ2n) is 4.47. The summed E-state index contributed by atoms with van der Waals surface area (Å²) in [4.78, 5) is 0. The summed E-state index contributed by atoms with van der Waals surface area (Å²) in [6.45, 7) is 3.79. The van der Waals surface area contributed by atoms with E-state index in [9.17, 15) is 9.50 Å². The highest BCUT2D eigenvalue weighted by molar-refractivity contribution is 9.10. The molecule has 0 aromatic heterocycles. The van der Waals surface area contributed by atoms with Crippen LogP contribution in [0.25, 0.3) is 0 Å². The normalized spacial score (nSPS) is 12.5. The van der Waals surface area contributed by atoms with Crippen molar-refractivity contribution in [1.29, 1.82) is 0 Å². The fourth-order valence-electron chi connectivity index (χ4n) is 2.17. The molecule has 0 heterocycles. The maximum Gasteiger partial charge on any atom is 0.149 e. The molecule has 0 aliphatic heterocycles. The first kappa shape index (κ1) is 14.5. The van der Waals surface area contributed by atoms with Gasteiger partial charge >= 0.3 is 0 Å². The average Bonchev–Trinajstić information content (AvgIpc) is 2.35. The standard InChI is InChI=1S/C15H13BrClFO/c1-8-4-3-5-9(2)12(8)15(19)10-6-7-11(16)13(17)14(10)18/h3-7,15,19H,1-2H3. The fourth-order valence-corrected chi connectivity index (χ4v) is 2.64. The Balaban J connectivity index is 2.57. The van der Waals surface area contributed by atoms with Crippen LogP contribution in [0.3, 0.4) is 0 Å². The number of benzene rings is 2. The Hall–Kier alpha value is -0.900. The first-order valence-electron chi connectivity index (χ1n) is 5.81. The molecule has 0 aliphatic carbocycles. The molecule has 2 aromatic rings. The van der Waals surface area contributed by atoms with Crippen molar-refractivity contribution >= 4 is 27.5 Å². The Labute approximate surface area is 125 Å². The largest absolute Gasteiger partial charge is 0.384 e. The van der Waals surface area contributed by atoms with E-state index in [0.717, 1.165) is 16.7 Å². The van der Waals surface area contributed by atoms with Crippen LogP contribution in [-0.2, 0) is 0 Å². The maximum atomic E-state index is 14.1. The number of rotatable bonds is 2. The van der Waals surface area contributed by atoms with Crippen molar-refractivity contribution in [3.63, 3.8) is 0 Å². The van der Waals surface area contributed by atoms with Gasteiger partial charge in [-0.25, -0.2) is 4.39 Å². The highest BCUT2D eigenvalue weighted by Gasteiger charge is 2.21. The van der Waals surface area contributed by atoms with Gasteiger partial charge in [-0.1, -0.05) is 35.9 Å². The molecule has 0 fully saturated rings. The third-order valence-electron chi connectivity index (χ3n) is 3.18. The van der Waals surface area contributed by atoms with Crippen LogP contribution in [0.2, 0.25) is 5.02 Å². The summed E-state index contributed by atoms with van der Waals surface area (Å²) in [5.41, 5.74) is 2.75. The zero-order chi connectivity index (χ0) is 14.2. The average molecular weight is 344 g/mol. The predicted molar refractivity (Wildman–Crippen MR) is 79.1 cm³/mol. The summed E-state index contributed by atoms with van der Waals surface area (Å²) in [7, 11) is 0. The van der Waals surface area contributed by atoms with Crippen molar-refractivity contribution in [1.82, 2.24) is 0 Å². The minimum atomic E-state index is -1.02. The van der Waals surface area contributed by atoms with E-state index in [0.29, 0.717) is 4.47 Å². The molecule has 0 bridgehead atoms. The molecule has 4 heteroatoms. The van der Waals surface area contributed by atoms with Crippen LogP contribution in [0, 0.1) is 19.7 Å². The van der Waals surface area contributed by atoms with E-state index in [1.165, 1.54) is 0 Å². The zero-order valence-corrected chi connectivity index (χ0v) is 12.9. The van der Waals surface area contributed by atoms with Crippen molar-refractivity contribution in [2.24, 2.45) is 0 Å². The smallest absolute Gasteiger partial charge is 0.149 e. The van der Waals surface area contributed by atoms with E-state index in [4.69, 9.17) is 11.6 Å². The molecule has 1 unspecified atom stereocenters. The minimum absolute atomic E-state index is 0.0113. The number of aliphatic hydroxyl groups excluding tert-OH is 1. The van der Waals surface area contributed by atoms with Crippen LogP contribution in [0.1, 0.15) is 28.4 Å². The molecule has 2 aromatic carbocycles. The van der Waals surface area contributed by atoms with Gasteiger partial charge in [-0.15, -0.1) is 0 Å². The molecular weight excluding hydrogens is 331 g/mol. The van der Waals surface area contributed by atoms with Gasteiger partial charge in [-0.2, -0.15) is 0 Å². The molecule has 0 spiro atoms. The van der Waals surface area contributed by atoms with Crippen LogP contribution in [-0.4, -0.2) is 5.11 Å². The van der Waals surface area contributed by atoms with E-state index in [1.54, 1.807) is 12.1 Å². The van der Waals surface area contributed by atoms with Gasteiger partial charge in [0.1, 0.15) is 11.9 Å². The summed E-state index contributed by atoms with van der Waals surface area (Å²) < 4.78 is 14.6. The zero-order valence-electron chi connectivity index (χ0n) is 10.5. The summed E-state index contributed by atoms with van der Waals surface area (Å²) in [5.74, 6) is -0.591. The quantitative estimate of drug-likeness (QED) is 0.766. The lowest BCUT2D eigenvalue weighted by molar-refractivity contribution is 0.213. The van der Waals surface area contributed by atoms with Gasteiger partial charge in [-0.05, 0) is 52.5 Å². The molecule has 100 valence electrons. The number of aryl methyl sites for hydroxylation is 2. The molecule has 1 atom stereocenters. The molecule has 0 amide bonds. The van der Waals surface area contributed by atoms with Crippen molar-refractivity contribution < 1.29 is 9.50 Å². The first-order valence-corrected chi connectivity index (χ1v) is 6.98. The van der Waals surface area contributed by atoms with E-state index in [1.807, 2.05) is 32.0 Å². The van der Waals surface area contributed by atoms with E-state index in [-0.39, 0.29) is 10.6 Å². The molecule has 0 saturated carbocycles. The summed E-state index contributed by atoms with van der Waals surface area (Å²) in [6, 6.07) is 8.87. The Morgan fingerprint density at radius 2 is 1.74 bits per heavy atom. The topological polar surface area (TPSA) is 20.2 Å². The van der Waals surface area contributed by atoms with Crippen LogP contribution in [0.15, 0.2) is 34.8 Å². The summed E-state index contributed by atoms with van der Waals surface area (Å²) in [5, 5.41) is 10.4. The molecule has 0 radical (unpaired) electrons. The molecular formula is C15H13BrClFO. The Morgan fingerprint density at radius 1 is 1.16 bits per heavy atom. The van der Waals surface area contributed by atoms with Crippen molar-refractivity contribution in [2.45, 2.75) is 20.0 Å². The van der Waals surface area contributed by atoms with Gasteiger partial charge in [0.2, 0.25) is 0 Å². The van der Waals surface area contributed by atoms with Gasteiger partial charge in [0.15, 0.2) is 0 Å². The van der Waals surface area contributed by atoms with Crippen molar-refractivity contribution in [2.75, 3.05) is 0 Å². The van der Waals surface area contributed by atoms with E-state index in [2.05, 4.69) is 15.9 Å². The first-order chi connectivity index (χ1) is 8.93. The lowest BCUT2D eigenvalue weighted by Gasteiger charge is -2.18. The third kappa shape index (κ3) is 2.69. The van der Waals surface area contributed by atoms with Gasteiger partial charge in [0.25, 0.3) is 0 Å². The summed E-state index contributed by atoms with van der Waals surface area (Å²) >= 11 is 9.02. The van der Waals surface area contributed by atoms with Crippen molar-refractivity contribution in [3.05, 3.63) is 67.9 Å². The fraction of sp³-hybridized carbons (Fsp3) is 0.200. The van der Waals surface area contributed by atoms with Gasteiger partial charge < -0.3 is 5.11 Å². The molecule has 0 saturated heterocycles. The summed E-state index contributed by atoms with van der Waals surface area (Å²) in [6.07, 6.45) is -1.02. The van der Waals surface area contributed by atoms with E-state index >= 15 is 0 Å². The Bertz CT molecular complexity index is 608. The van der Waals surface area contributed by atoms with Crippen molar-refractivity contribution in [3.8, 4) is 0 Å². The molecule has 0 aliphatic rings. The van der Waals surface area contributed by atoms with Gasteiger partial charge in [0, 0.05) is 10.0 Å². The SMILES string of the molecule is Cc1cccc(C)c1C(O)c1ccc(Br)c(Cl)c1F. The van der Waals surface area contributed by atoms with E-state index < -0.39 is 11.9 Å². The number of aliphatic hydroxyl groups is 1. The number of hydrogen-bond donors (Lipinski definition) is 1. The lowest BCUT2D eigenvalue weighted by Crippen LogP contribution is -2.07. The molecule has 2 rings (SSSR count). The maximum absolute atomic E-state index is 14.1. The molecule has 19 heavy (non-hydrogen) atoms. The number of halogens is 3. The molecule has 1 N–H and O–H groups in total. The van der Waals surface area contributed by atoms with Crippen LogP contribution < -0.4 is 0 Å². The Kier molecular flexibility index (Phi) is 4.29. The third-order valence-corrected chi connectivity index (χ3v) is 4.43. The minimum Gasteiger partial charge on any atom is -0.384 e. The lowest BCUT2D eigenvalue weighted by atomic mass is 9.93.